The number of nitrogens with one attached hydrogen (secondary N) is 2. The number of piperidine rings is 1. The van der Waals surface area contributed by atoms with Gasteiger partial charge in [-0.3, -0.25) is 4.99 Å². The zero-order valence-electron chi connectivity index (χ0n) is 13.6. The Balaban J connectivity index is 1.46. The van der Waals surface area contributed by atoms with Gasteiger partial charge in [-0.25, -0.2) is 9.67 Å². The molecular formula is C15H27N7. The minimum Gasteiger partial charge on any atom is -0.356 e. The van der Waals surface area contributed by atoms with Crippen LogP contribution >= 0.6 is 0 Å². The highest BCUT2D eigenvalue weighted by atomic mass is 15.4. The average Bonchev–Trinajstić information content (AvgIpc) is 2.99. The quantitative estimate of drug-likeness (QED) is 0.612. The molecule has 1 saturated heterocycles. The number of guanidine groups is 1. The molecule has 122 valence electrons. The van der Waals surface area contributed by atoms with Crippen molar-refractivity contribution < 1.29 is 0 Å². The van der Waals surface area contributed by atoms with Gasteiger partial charge in [0.15, 0.2) is 5.96 Å². The van der Waals surface area contributed by atoms with Gasteiger partial charge in [0.25, 0.3) is 0 Å². The standard InChI is InChI=1S/C15H27N7/c1-16-15(17-8-12-4-3-7-21(2)9-12)20-13-5-6-14-18-11-19-22(14)10-13/h11-13H,3-10H2,1-2H3,(H2,16,17,20). The molecule has 2 unspecified atom stereocenters. The monoisotopic (exact) mass is 305 g/mol. The highest BCUT2D eigenvalue weighted by Crippen LogP contribution is 2.14. The van der Waals surface area contributed by atoms with Crippen molar-refractivity contribution in [1.29, 1.82) is 0 Å². The van der Waals surface area contributed by atoms with Gasteiger partial charge in [0.1, 0.15) is 12.2 Å². The molecule has 3 rings (SSSR count). The van der Waals surface area contributed by atoms with Crippen molar-refractivity contribution in [3.05, 3.63) is 12.2 Å². The zero-order valence-corrected chi connectivity index (χ0v) is 13.6. The number of hydrogen-bond donors (Lipinski definition) is 2. The first-order valence-electron chi connectivity index (χ1n) is 8.27. The topological polar surface area (TPSA) is 70.4 Å². The second-order valence-electron chi connectivity index (χ2n) is 6.46. The lowest BCUT2D eigenvalue weighted by molar-refractivity contribution is 0.210. The van der Waals surface area contributed by atoms with E-state index in [1.54, 1.807) is 6.33 Å². The van der Waals surface area contributed by atoms with Gasteiger partial charge in [0.05, 0.1) is 6.54 Å². The van der Waals surface area contributed by atoms with Crippen LogP contribution in [-0.4, -0.2) is 65.4 Å². The van der Waals surface area contributed by atoms with E-state index in [0.29, 0.717) is 12.0 Å². The van der Waals surface area contributed by atoms with Gasteiger partial charge in [-0.05, 0) is 38.8 Å². The van der Waals surface area contributed by atoms with Crippen LogP contribution in [0.25, 0.3) is 0 Å². The summed E-state index contributed by atoms with van der Waals surface area (Å²) in [5.41, 5.74) is 0. The number of likely N-dealkylation sites (tertiary alicyclic amines) is 1. The van der Waals surface area contributed by atoms with Gasteiger partial charge in [-0.1, -0.05) is 0 Å². The minimum atomic E-state index is 0.370. The predicted octanol–water partition coefficient (Wildman–Crippen LogP) is 0.0997. The first-order chi connectivity index (χ1) is 10.7. The Kier molecular flexibility index (Phi) is 4.92. The van der Waals surface area contributed by atoms with E-state index >= 15 is 0 Å². The van der Waals surface area contributed by atoms with Crippen LogP contribution in [0.3, 0.4) is 0 Å². The summed E-state index contributed by atoms with van der Waals surface area (Å²) in [6.07, 6.45) is 6.30. The summed E-state index contributed by atoms with van der Waals surface area (Å²) in [6.45, 7) is 4.26. The molecule has 2 aliphatic heterocycles. The van der Waals surface area contributed by atoms with Crippen molar-refractivity contribution in [2.24, 2.45) is 10.9 Å². The number of nitrogens with zero attached hydrogens (tertiary/aromatic N) is 5. The number of hydrogen-bond acceptors (Lipinski definition) is 4. The van der Waals surface area contributed by atoms with E-state index in [0.717, 1.165) is 37.7 Å². The van der Waals surface area contributed by atoms with Crippen molar-refractivity contribution >= 4 is 5.96 Å². The van der Waals surface area contributed by atoms with E-state index in [9.17, 15) is 0 Å². The Bertz CT molecular complexity index is 510. The molecule has 7 heteroatoms. The molecular weight excluding hydrogens is 278 g/mol. The summed E-state index contributed by atoms with van der Waals surface area (Å²) in [7, 11) is 4.04. The number of aliphatic imine (C=N–C) groups is 1. The van der Waals surface area contributed by atoms with Gasteiger partial charge in [0.2, 0.25) is 0 Å². The number of aromatic nitrogens is 3. The molecule has 7 nitrogen and oxygen atoms in total. The lowest BCUT2D eigenvalue weighted by atomic mass is 9.98. The molecule has 22 heavy (non-hydrogen) atoms. The second kappa shape index (κ2) is 7.09. The first-order valence-corrected chi connectivity index (χ1v) is 8.27. The van der Waals surface area contributed by atoms with Gasteiger partial charge in [-0.15, -0.1) is 0 Å². The summed E-state index contributed by atoms with van der Waals surface area (Å²) in [6, 6.07) is 0.370. The normalized spacial score (nSPS) is 26.5. The second-order valence-corrected chi connectivity index (χ2v) is 6.46. The van der Waals surface area contributed by atoms with Crippen molar-refractivity contribution in [3.63, 3.8) is 0 Å². The summed E-state index contributed by atoms with van der Waals surface area (Å²) in [4.78, 5) is 11.0. The SMILES string of the molecule is CN=C(NCC1CCCN(C)C1)NC1CCc2ncnn2C1. The van der Waals surface area contributed by atoms with E-state index in [4.69, 9.17) is 0 Å². The molecule has 2 aliphatic rings. The minimum absolute atomic E-state index is 0.370. The number of rotatable bonds is 3. The van der Waals surface area contributed by atoms with Crippen LogP contribution in [0.5, 0.6) is 0 Å². The molecule has 2 N–H and O–H groups in total. The highest BCUT2D eigenvalue weighted by molar-refractivity contribution is 5.79. The Morgan fingerprint density at radius 3 is 3.14 bits per heavy atom. The Labute approximate surface area is 132 Å². The molecule has 0 bridgehead atoms. The van der Waals surface area contributed by atoms with E-state index in [-0.39, 0.29) is 0 Å². The lowest BCUT2D eigenvalue weighted by Crippen LogP contribution is -2.49. The van der Waals surface area contributed by atoms with Gasteiger partial charge in [0, 0.05) is 32.6 Å². The van der Waals surface area contributed by atoms with E-state index < -0.39 is 0 Å². The van der Waals surface area contributed by atoms with Gasteiger partial charge < -0.3 is 15.5 Å². The maximum absolute atomic E-state index is 4.36. The maximum atomic E-state index is 4.36. The summed E-state index contributed by atoms with van der Waals surface area (Å²) < 4.78 is 1.99. The zero-order chi connectivity index (χ0) is 15.4. The molecule has 0 saturated carbocycles. The fraction of sp³-hybridized carbons (Fsp3) is 0.800. The molecule has 2 atom stereocenters. The molecule has 0 radical (unpaired) electrons. The highest BCUT2D eigenvalue weighted by Gasteiger charge is 2.21. The molecule has 3 heterocycles. The van der Waals surface area contributed by atoms with Crippen molar-refractivity contribution in [2.75, 3.05) is 33.7 Å². The van der Waals surface area contributed by atoms with Crippen LogP contribution in [0, 0.1) is 5.92 Å². The molecule has 1 aromatic rings. The maximum Gasteiger partial charge on any atom is 0.191 e. The molecule has 1 fully saturated rings. The third kappa shape index (κ3) is 3.76. The number of aryl methyl sites for hydroxylation is 1. The molecule has 0 aromatic carbocycles. The molecule has 1 aromatic heterocycles. The Morgan fingerprint density at radius 2 is 2.32 bits per heavy atom. The third-order valence-corrected chi connectivity index (χ3v) is 4.65. The van der Waals surface area contributed by atoms with Crippen molar-refractivity contribution in [3.8, 4) is 0 Å². The summed E-state index contributed by atoms with van der Waals surface area (Å²) >= 11 is 0. The predicted molar refractivity (Wildman–Crippen MR) is 86.8 cm³/mol. The van der Waals surface area contributed by atoms with E-state index in [1.807, 2.05) is 11.7 Å². The third-order valence-electron chi connectivity index (χ3n) is 4.65. The lowest BCUT2D eigenvalue weighted by Gasteiger charge is -2.31. The first kappa shape index (κ1) is 15.3. The fourth-order valence-corrected chi connectivity index (χ4v) is 3.42. The summed E-state index contributed by atoms with van der Waals surface area (Å²) in [5, 5.41) is 11.3. The van der Waals surface area contributed by atoms with Crippen LogP contribution < -0.4 is 10.6 Å². The van der Waals surface area contributed by atoms with Crippen LogP contribution in [0.2, 0.25) is 0 Å². The summed E-state index contributed by atoms with van der Waals surface area (Å²) in [5.74, 6) is 2.71. The molecule has 0 aliphatic carbocycles. The van der Waals surface area contributed by atoms with Gasteiger partial charge >= 0.3 is 0 Å². The van der Waals surface area contributed by atoms with Crippen LogP contribution in [0.4, 0.5) is 0 Å². The van der Waals surface area contributed by atoms with Crippen molar-refractivity contribution in [2.45, 2.75) is 38.3 Å². The fourth-order valence-electron chi connectivity index (χ4n) is 3.42. The van der Waals surface area contributed by atoms with E-state index in [2.05, 4.69) is 37.7 Å². The Hall–Kier alpha value is -1.63. The van der Waals surface area contributed by atoms with Crippen LogP contribution in [-0.2, 0) is 13.0 Å². The number of fused-ring (bicyclic) bond motifs is 1. The molecule has 0 spiro atoms. The van der Waals surface area contributed by atoms with Crippen molar-refractivity contribution in [1.82, 2.24) is 30.3 Å². The van der Waals surface area contributed by atoms with E-state index in [1.165, 1.54) is 25.9 Å². The smallest absolute Gasteiger partial charge is 0.191 e. The van der Waals surface area contributed by atoms with Crippen LogP contribution in [0.15, 0.2) is 11.3 Å². The largest absolute Gasteiger partial charge is 0.356 e. The Morgan fingerprint density at radius 1 is 1.41 bits per heavy atom. The van der Waals surface area contributed by atoms with Crippen LogP contribution in [0.1, 0.15) is 25.1 Å². The average molecular weight is 305 g/mol. The molecule has 0 amide bonds. The van der Waals surface area contributed by atoms with Gasteiger partial charge in [-0.2, -0.15) is 5.10 Å².